The largest absolute Gasteiger partial charge is 1.00 e. The van der Waals surface area contributed by atoms with Crippen molar-refractivity contribution in [1.82, 2.24) is 5.43 Å². The van der Waals surface area contributed by atoms with Crippen LogP contribution in [-0.2, 0) is 22.4 Å². The van der Waals surface area contributed by atoms with E-state index in [4.69, 9.17) is 10.5 Å². The topological polar surface area (TPSA) is 116 Å². The van der Waals surface area contributed by atoms with Crippen LogP contribution in [0.1, 0.15) is 20.7 Å². The van der Waals surface area contributed by atoms with Crippen molar-refractivity contribution in [2.24, 2.45) is 5.73 Å². The van der Waals surface area contributed by atoms with Crippen LogP contribution in [0.4, 0.5) is 0 Å². The van der Waals surface area contributed by atoms with Gasteiger partial charge < -0.3 is 26.4 Å². The number of nitrogens with two attached hydrogens (primary N) is 1. The third-order valence-corrected chi connectivity index (χ3v) is 2.09. The van der Waals surface area contributed by atoms with Gasteiger partial charge in [-0.3, -0.25) is 9.59 Å². The molecular weight excluding hydrogens is 455 g/mol. The number of phenols is 1. The van der Waals surface area contributed by atoms with Crippen LogP contribution in [0.2, 0.25) is 0 Å². The van der Waals surface area contributed by atoms with Crippen molar-refractivity contribution in [3.05, 3.63) is 28.7 Å². The van der Waals surface area contributed by atoms with Gasteiger partial charge in [0.1, 0.15) is 0 Å². The zero-order valence-electron chi connectivity index (χ0n) is 9.64. The second kappa shape index (κ2) is 7.74. The number of aromatic hydroxyl groups is 1. The summed E-state index contributed by atoms with van der Waals surface area (Å²) in [6.07, 6.45) is 0.456. The number of nitrogens with one attached hydrogen (secondary N) is 1. The van der Waals surface area contributed by atoms with Gasteiger partial charge in [0.2, 0.25) is 0 Å². The number of carbonyl (C=O) groups excluding carboxylic acids is 2. The Morgan fingerprint density at radius 3 is 2.68 bits per heavy atom. The van der Waals surface area contributed by atoms with Crippen LogP contribution >= 0.6 is 12.2 Å². The van der Waals surface area contributed by atoms with Crippen molar-refractivity contribution < 1.29 is 41.8 Å². The van der Waals surface area contributed by atoms with Gasteiger partial charge in [-0.15, -0.1) is 0 Å². The molecule has 0 aliphatic heterocycles. The van der Waals surface area contributed by atoms with E-state index in [1.807, 2.05) is 5.43 Å². The standard InChI is InChI=1S/C10H11N3O4S.Au/c1-17-8-6(15)3-2-5(4-14)7(8)9(16)12-13-10(11)18;/h2-4H,1H3,(H5,11,12,13,14,15,16,18);/q;+1/p-1. The minimum absolute atomic E-state index is 0. The Labute approximate surface area is 130 Å². The minimum atomic E-state index is -0.766. The molecule has 19 heavy (non-hydrogen) atoms. The number of ether oxygens (including phenoxy) is 1. The normalized spacial score (nSPS) is 8.89. The third-order valence-electron chi connectivity index (χ3n) is 1.99. The van der Waals surface area contributed by atoms with E-state index < -0.39 is 5.91 Å². The third kappa shape index (κ3) is 4.21. The van der Waals surface area contributed by atoms with Crippen molar-refractivity contribution in [3.63, 3.8) is 0 Å². The van der Waals surface area contributed by atoms with Crippen LogP contribution < -0.4 is 15.9 Å². The predicted octanol–water partition coefficient (Wildman–Crippen LogP) is 0.473. The molecular formula is C10H10AuN3O4S. The second-order valence-electron chi connectivity index (χ2n) is 3.09. The fourth-order valence-corrected chi connectivity index (χ4v) is 1.33. The molecule has 0 radical (unpaired) electrons. The van der Waals surface area contributed by atoms with E-state index in [2.05, 4.69) is 17.6 Å². The van der Waals surface area contributed by atoms with Gasteiger partial charge in [-0.2, -0.15) is 0 Å². The van der Waals surface area contributed by atoms with E-state index in [0.29, 0.717) is 6.29 Å². The van der Waals surface area contributed by atoms with Gasteiger partial charge in [-0.25, -0.2) is 0 Å². The number of benzene rings is 1. The predicted molar refractivity (Wildman–Crippen MR) is 67.7 cm³/mol. The van der Waals surface area contributed by atoms with Crippen LogP contribution in [0.15, 0.2) is 12.1 Å². The molecule has 106 valence electrons. The van der Waals surface area contributed by atoms with Crippen molar-refractivity contribution in [2.45, 2.75) is 0 Å². The molecule has 1 amide bonds. The number of carbonyl (C=O) groups is 2. The number of phenolic OH excluding ortho intramolecular Hbond substituents is 1. The first-order valence-electron chi connectivity index (χ1n) is 4.67. The van der Waals surface area contributed by atoms with Crippen molar-refractivity contribution in [1.29, 1.82) is 0 Å². The first kappa shape index (κ1) is 17.4. The second-order valence-corrected chi connectivity index (χ2v) is 3.51. The zero-order chi connectivity index (χ0) is 13.7. The van der Waals surface area contributed by atoms with E-state index in [1.165, 1.54) is 19.2 Å². The van der Waals surface area contributed by atoms with Crippen LogP contribution in [-0.4, -0.2) is 29.5 Å². The van der Waals surface area contributed by atoms with Gasteiger partial charge in [0.25, 0.3) is 5.91 Å². The molecule has 0 atom stereocenters. The Balaban J connectivity index is 0.00000324. The van der Waals surface area contributed by atoms with Gasteiger partial charge in [-0.05, 0) is 12.1 Å². The fraction of sp³-hybridized carbons (Fsp3) is 0.100. The number of methoxy groups -OCH3 is 1. The van der Waals surface area contributed by atoms with Gasteiger partial charge in [0, 0.05) is 10.7 Å². The Morgan fingerprint density at radius 1 is 1.58 bits per heavy atom. The molecule has 7 nitrogen and oxygen atoms in total. The molecule has 1 rings (SSSR count). The van der Waals surface area contributed by atoms with Crippen molar-refractivity contribution in [3.8, 4) is 11.5 Å². The SMILES string of the molecule is COc1c(O)ccc(C=O)c1C(=O)N[N-]C(N)=S.[Au+]. The Bertz CT molecular complexity index is 510. The number of amides is 1. The smallest absolute Gasteiger partial charge is 0.504 e. The summed E-state index contributed by atoms with van der Waals surface area (Å²) in [6, 6.07) is 2.52. The Kier molecular flexibility index (Phi) is 7.09. The fourth-order valence-electron chi connectivity index (χ4n) is 1.29. The number of rotatable bonds is 3. The maximum absolute atomic E-state index is 11.8. The molecule has 0 heterocycles. The number of aldehydes is 1. The van der Waals surface area contributed by atoms with Crippen molar-refractivity contribution in [2.75, 3.05) is 7.11 Å². The molecule has 0 bridgehead atoms. The first-order chi connectivity index (χ1) is 8.51. The number of thiocarbonyl (C=S) groups is 1. The summed E-state index contributed by atoms with van der Waals surface area (Å²) >= 11 is 4.46. The van der Waals surface area contributed by atoms with Gasteiger partial charge in [0.15, 0.2) is 17.8 Å². The molecule has 0 saturated carbocycles. The number of hydrogen-bond acceptors (Lipinski definition) is 5. The molecule has 4 N–H and O–H groups in total. The summed E-state index contributed by atoms with van der Waals surface area (Å²) in [5, 5.41) is 9.27. The molecule has 0 unspecified atom stereocenters. The van der Waals surface area contributed by atoms with Crippen LogP contribution in [0.25, 0.3) is 5.43 Å². The number of hydrogen-bond donors (Lipinski definition) is 3. The summed E-state index contributed by atoms with van der Waals surface area (Å²) in [6.45, 7) is 0. The zero-order valence-corrected chi connectivity index (χ0v) is 12.6. The quantitative estimate of drug-likeness (QED) is 0.259. The molecule has 0 saturated heterocycles. The van der Waals surface area contributed by atoms with Crippen LogP contribution in [0.3, 0.4) is 0 Å². The van der Waals surface area contributed by atoms with E-state index in [0.717, 1.165) is 0 Å². The van der Waals surface area contributed by atoms with E-state index in [-0.39, 0.29) is 50.1 Å². The first-order valence-corrected chi connectivity index (χ1v) is 5.07. The van der Waals surface area contributed by atoms with Gasteiger partial charge in [-0.1, -0.05) is 12.2 Å². The minimum Gasteiger partial charge on any atom is -0.504 e. The summed E-state index contributed by atoms with van der Waals surface area (Å²) in [5.41, 5.74) is 10.4. The van der Waals surface area contributed by atoms with E-state index >= 15 is 0 Å². The Morgan fingerprint density at radius 2 is 2.21 bits per heavy atom. The average molecular weight is 465 g/mol. The van der Waals surface area contributed by atoms with Gasteiger partial charge >= 0.3 is 22.4 Å². The molecule has 9 heteroatoms. The molecule has 0 aliphatic carbocycles. The summed E-state index contributed by atoms with van der Waals surface area (Å²) in [4.78, 5) is 22.6. The Hall–Kier alpha value is -1.61. The molecule has 0 aromatic heterocycles. The van der Waals surface area contributed by atoms with Crippen molar-refractivity contribution >= 4 is 29.5 Å². The number of nitrogens with zero attached hydrogens (tertiary/aromatic N) is 1. The average Bonchev–Trinajstić information content (AvgIpc) is 2.35. The van der Waals surface area contributed by atoms with Gasteiger partial charge in [0.05, 0.1) is 12.7 Å². The molecule has 1 aromatic carbocycles. The summed E-state index contributed by atoms with van der Waals surface area (Å²) < 4.78 is 4.87. The van der Waals surface area contributed by atoms with E-state index in [1.54, 1.807) is 0 Å². The molecule has 0 spiro atoms. The summed E-state index contributed by atoms with van der Waals surface area (Å²) in [7, 11) is 1.26. The monoisotopic (exact) mass is 465 g/mol. The molecule has 1 aromatic rings. The van der Waals surface area contributed by atoms with Crippen LogP contribution in [0.5, 0.6) is 11.5 Å². The maximum atomic E-state index is 11.8. The molecule has 0 fully saturated rings. The van der Waals surface area contributed by atoms with E-state index in [9.17, 15) is 14.7 Å². The molecule has 0 aliphatic rings. The maximum Gasteiger partial charge on any atom is 1.00 e. The van der Waals surface area contributed by atoms with Crippen LogP contribution in [0, 0.1) is 0 Å². The summed E-state index contributed by atoms with van der Waals surface area (Å²) in [5.74, 6) is -1.17.